The lowest BCUT2D eigenvalue weighted by Crippen LogP contribution is -2.31. The van der Waals surface area contributed by atoms with Gasteiger partial charge in [0.15, 0.2) is 5.15 Å². The van der Waals surface area contributed by atoms with Crippen molar-refractivity contribution < 1.29 is 9.47 Å². The molecule has 0 aliphatic heterocycles. The van der Waals surface area contributed by atoms with Crippen molar-refractivity contribution in [3.05, 3.63) is 17.4 Å². The Bertz CT molecular complexity index is 329. The van der Waals surface area contributed by atoms with Gasteiger partial charge in [-0.05, 0) is 13.8 Å². The van der Waals surface area contributed by atoms with Crippen molar-refractivity contribution in [1.82, 2.24) is 10.2 Å². The van der Waals surface area contributed by atoms with E-state index in [1.54, 1.807) is 12.3 Å². The van der Waals surface area contributed by atoms with E-state index in [0.717, 1.165) is 18.8 Å². The molecule has 18 heavy (non-hydrogen) atoms. The average molecular weight is 274 g/mol. The number of aromatic nitrogens is 2. The predicted molar refractivity (Wildman–Crippen MR) is 72.2 cm³/mol. The van der Waals surface area contributed by atoms with E-state index in [2.05, 4.69) is 15.1 Å². The molecule has 0 N–H and O–H groups in total. The molecule has 1 aromatic heterocycles. The summed E-state index contributed by atoms with van der Waals surface area (Å²) in [5.74, 6) is 0. The van der Waals surface area contributed by atoms with Gasteiger partial charge in [0.05, 0.1) is 25.1 Å². The standard InChI is InChI=1S/C12H20ClN3O2/c1-3-17-7-5-16(6-8-18-4-2)11-9-12(13)15-14-10-11/h9-10H,3-8H2,1-2H3. The van der Waals surface area contributed by atoms with E-state index >= 15 is 0 Å². The summed E-state index contributed by atoms with van der Waals surface area (Å²) < 4.78 is 10.7. The van der Waals surface area contributed by atoms with Crippen LogP contribution < -0.4 is 4.90 Å². The summed E-state index contributed by atoms with van der Waals surface area (Å²) in [5, 5.41) is 7.99. The Hall–Kier alpha value is -0.910. The van der Waals surface area contributed by atoms with E-state index in [9.17, 15) is 0 Å². The lowest BCUT2D eigenvalue weighted by Gasteiger charge is -2.24. The van der Waals surface area contributed by atoms with E-state index in [-0.39, 0.29) is 0 Å². The molecule has 0 aliphatic rings. The first-order valence-electron chi connectivity index (χ1n) is 6.16. The van der Waals surface area contributed by atoms with Crippen LogP contribution in [0.25, 0.3) is 0 Å². The number of anilines is 1. The smallest absolute Gasteiger partial charge is 0.153 e. The van der Waals surface area contributed by atoms with Crippen LogP contribution in [-0.4, -0.2) is 49.7 Å². The molecule has 1 aromatic rings. The van der Waals surface area contributed by atoms with Gasteiger partial charge in [-0.1, -0.05) is 11.6 Å². The second-order valence-corrected chi connectivity index (χ2v) is 4.00. The molecule has 0 saturated carbocycles. The number of nitrogens with zero attached hydrogens (tertiary/aromatic N) is 3. The van der Waals surface area contributed by atoms with E-state index < -0.39 is 0 Å². The Morgan fingerprint density at radius 3 is 2.28 bits per heavy atom. The zero-order valence-electron chi connectivity index (χ0n) is 10.9. The lowest BCUT2D eigenvalue weighted by atomic mass is 10.4. The van der Waals surface area contributed by atoms with Crippen molar-refractivity contribution in [3.8, 4) is 0 Å². The Balaban J connectivity index is 2.57. The van der Waals surface area contributed by atoms with E-state index in [1.165, 1.54) is 0 Å². The highest BCUT2D eigenvalue weighted by Crippen LogP contribution is 2.15. The Kier molecular flexibility index (Phi) is 7.64. The summed E-state index contributed by atoms with van der Waals surface area (Å²) in [5.41, 5.74) is 0.939. The maximum atomic E-state index is 5.85. The number of ether oxygens (including phenoxy) is 2. The third kappa shape index (κ3) is 5.62. The molecule has 0 atom stereocenters. The van der Waals surface area contributed by atoms with Gasteiger partial charge < -0.3 is 14.4 Å². The van der Waals surface area contributed by atoms with Crippen molar-refractivity contribution in [2.75, 3.05) is 44.4 Å². The van der Waals surface area contributed by atoms with Crippen molar-refractivity contribution in [1.29, 1.82) is 0 Å². The van der Waals surface area contributed by atoms with Gasteiger partial charge in [0.25, 0.3) is 0 Å². The number of hydrogen-bond acceptors (Lipinski definition) is 5. The molecular weight excluding hydrogens is 254 g/mol. The van der Waals surface area contributed by atoms with Crippen molar-refractivity contribution in [3.63, 3.8) is 0 Å². The molecule has 0 aliphatic carbocycles. The SMILES string of the molecule is CCOCCN(CCOCC)c1cnnc(Cl)c1. The highest BCUT2D eigenvalue weighted by molar-refractivity contribution is 6.29. The molecule has 1 heterocycles. The summed E-state index contributed by atoms with van der Waals surface area (Å²) in [6, 6.07) is 1.80. The third-order valence-corrected chi connectivity index (χ3v) is 2.58. The summed E-state index contributed by atoms with van der Waals surface area (Å²) in [7, 11) is 0. The molecule has 1 rings (SSSR count). The van der Waals surface area contributed by atoms with Gasteiger partial charge in [-0.15, -0.1) is 5.10 Å². The summed E-state index contributed by atoms with van der Waals surface area (Å²) in [6.07, 6.45) is 1.70. The minimum absolute atomic E-state index is 0.394. The molecule has 102 valence electrons. The lowest BCUT2D eigenvalue weighted by molar-refractivity contribution is 0.141. The van der Waals surface area contributed by atoms with E-state index in [4.69, 9.17) is 21.1 Å². The van der Waals surface area contributed by atoms with Crippen LogP contribution in [0.3, 0.4) is 0 Å². The maximum absolute atomic E-state index is 5.85. The fraction of sp³-hybridized carbons (Fsp3) is 0.667. The second-order valence-electron chi connectivity index (χ2n) is 3.62. The highest BCUT2D eigenvalue weighted by atomic mass is 35.5. The molecule has 0 fully saturated rings. The third-order valence-electron chi connectivity index (χ3n) is 2.39. The van der Waals surface area contributed by atoms with Crippen LogP contribution in [0.5, 0.6) is 0 Å². The van der Waals surface area contributed by atoms with Gasteiger partial charge in [0, 0.05) is 32.4 Å². The Labute approximate surface area is 113 Å². The molecule has 0 spiro atoms. The van der Waals surface area contributed by atoms with Crippen LogP contribution in [0.2, 0.25) is 5.15 Å². The monoisotopic (exact) mass is 273 g/mol. The molecule has 0 bridgehead atoms. The number of halogens is 1. The molecule has 0 amide bonds. The molecule has 0 saturated heterocycles. The Morgan fingerprint density at radius 1 is 1.17 bits per heavy atom. The minimum Gasteiger partial charge on any atom is -0.380 e. The van der Waals surface area contributed by atoms with Crippen LogP contribution in [0, 0.1) is 0 Å². The van der Waals surface area contributed by atoms with Crippen molar-refractivity contribution in [2.24, 2.45) is 0 Å². The molecule has 5 nitrogen and oxygen atoms in total. The number of rotatable bonds is 9. The highest BCUT2D eigenvalue weighted by Gasteiger charge is 2.07. The minimum atomic E-state index is 0.394. The maximum Gasteiger partial charge on any atom is 0.153 e. The molecule has 0 aromatic carbocycles. The van der Waals surface area contributed by atoms with Gasteiger partial charge in [-0.25, -0.2) is 0 Å². The topological polar surface area (TPSA) is 47.5 Å². The van der Waals surface area contributed by atoms with Crippen LogP contribution in [0.4, 0.5) is 5.69 Å². The summed E-state index contributed by atoms with van der Waals surface area (Å²) in [6.45, 7) is 8.30. The fourth-order valence-electron chi connectivity index (χ4n) is 1.51. The fourth-order valence-corrected chi connectivity index (χ4v) is 1.67. The normalized spacial score (nSPS) is 10.6. The van der Waals surface area contributed by atoms with Crippen molar-refractivity contribution >= 4 is 17.3 Å². The van der Waals surface area contributed by atoms with Gasteiger partial charge in [0.1, 0.15) is 0 Å². The molecule has 0 unspecified atom stereocenters. The Morgan fingerprint density at radius 2 is 1.78 bits per heavy atom. The van der Waals surface area contributed by atoms with Crippen LogP contribution >= 0.6 is 11.6 Å². The molecule has 6 heteroatoms. The first-order chi connectivity index (χ1) is 8.77. The first kappa shape index (κ1) is 15.1. The summed E-state index contributed by atoms with van der Waals surface area (Å²) in [4.78, 5) is 2.13. The average Bonchev–Trinajstić information content (AvgIpc) is 2.37. The second kappa shape index (κ2) is 9.08. The molecule has 0 radical (unpaired) electrons. The predicted octanol–water partition coefficient (Wildman–Crippen LogP) is 2.01. The van der Waals surface area contributed by atoms with Gasteiger partial charge in [-0.3, -0.25) is 0 Å². The van der Waals surface area contributed by atoms with Crippen LogP contribution in [0.1, 0.15) is 13.8 Å². The van der Waals surface area contributed by atoms with Gasteiger partial charge in [0.2, 0.25) is 0 Å². The quantitative estimate of drug-likeness (QED) is 0.644. The van der Waals surface area contributed by atoms with Gasteiger partial charge in [-0.2, -0.15) is 5.10 Å². The van der Waals surface area contributed by atoms with Crippen LogP contribution in [-0.2, 0) is 9.47 Å². The van der Waals surface area contributed by atoms with Gasteiger partial charge >= 0.3 is 0 Å². The van der Waals surface area contributed by atoms with Crippen LogP contribution in [0.15, 0.2) is 12.3 Å². The number of hydrogen-bond donors (Lipinski definition) is 0. The molecular formula is C12H20ClN3O2. The first-order valence-corrected chi connectivity index (χ1v) is 6.54. The van der Waals surface area contributed by atoms with E-state index in [0.29, 0.717) is 31.6 Å². The zero-order valence-corrected chi connectivity index (χ0v) is 11.7. The summed E-state index contributed by atoms with van der Waals surface area (Å²) >= 11 is 5.85. The van der Waals surface area contributed by atoms with Crippen molar-refractivity contribution in [2.45, 2.75) is 13.8 Å². The van der Waals surface area contributed by atoms with E-state index in [1.807, 2.05) is 13.8 Å². The largest absolute Gasteiger partial charge is 0.380 e. The zero-order chi connectivity index (χ0) is 13.2.